The first-order valence-corrected chi connectivity index (χ1v) is 7.78. The molecule has 0 bridgehead atoms. The van der Waals surface area contributed by atoms with Crippen LogP contribution in [0.15, 0.2) is 27.3 Å². The molecule has 0 aromatic carbocycles. The van der Waals surface area contributed by atoms with Crippen LogP contribution < -0.4 is 5.32 Å². The Hall–Kier alpha value is -2.35. The normalized spacial score (nSPS) is 25.3. The van der Waals surface area contributed by atoms with Crippen molar-refractivity contribution in [2.24, 2.45) is 0 Å². The van der Waals surface area contributed by atoms with Crippen LogP contribution >= 0.6 is 0 Å². The maximum Gasteiger partial charge on any atom is 0.407 e. The smallest absolute Gasteiger partial charge is 0.407 e. The minimum Gasteiger partial charge on any atom is -0.461 e. The summed E-state index contributed by atoms with van der Waals surface area (Å²) in [5.41, 5.74) is -0.347. The Morgan fingerprint density at radius 1 is 1.35 bits per heavy atom. The summed E-state index contributed by atoms with van der Waals surface area (Å²) in [6.07, 6.45) is 3.93. The Bertz CT molecular complexity index is 683. The first-order chi connectivity index (χ1) is 11.2. The van der Waals surface area contributed by atoms with E-state index in [4.69, 9.17) is 13.7 Å². The predicted octanol–water partition coefficient (Wildman–Crippen LogP) is 1.79. The van der Waals surface area contributed by atoms with Crippen LogP contribution in [0.1, 0.15) is 25.2 Å². The highest BCUT2D eigenvalue weighted by Crippen LogP contribution is 2.29. The molecule has 1 atom stereocenters. The van der Waals surface area contributed by atoms with E-state index in [1.54, 1.807) is 18.4 Å². The number of furan rings is 1. The van der Waals surface area contributed by atoms with Gasteiger partial charge in [0, 0.05) is 13.0 Å². The summed E-state index contributed by atoms with van der Waals surface area (Å²) in [5, 5.41) is 6.70. The van der Waals surface area contributed by atoms with Crippen LogP contribution in [0.3, 0.4) is 0 Å². The molecule has 0 unspecified atom stereocenters. The lowest BCUT2D eigenvalue weighted by Crippen LogP contribution is -2.34. The number of alkyl carbamates (subject to hydrolysis) is 1. The second-order valence-electron chi connectivity index (χ2n) is 6.04. The average Bonchev–Trinajstić information content (AvgIpc) is 3.23. The summed E-state index contributed by atoms with van der Waals surface area (Å²) in [6.45, 7) is 2.93. The van der Waals surface area contributed by atoms with E-state index in [2.05, 4.69) is 20.4 Å². The number of rotatable bonds is 3. The van der Waals surface area contributed by atoms with E-state index in [9.17, 15) is 4.79 Å². The molecule has 1 amide bonds. The van der Waals surface area contributed by atoms with Crippen molar-refractivity contribution in [3.63, 3.8) is 0 Å². The first kappa shape index (κ1) is 14.3. The minimum atomic E-state index is -0.347. The molecule has 2 saturated heterocycles. The van der Waals surface area contributed by atoms with Gasteiger partial charge >= 0.3 is 6.09 Å². The van der Waals surface area contributed by atoms with E-state index in [0.717, 1.165) is 32.4 Å². The van der Waals surface area contributed by atoms with Gasteiger partial charge in [-0.15, -0.1) is 0 Å². The zero-order valence-electron chi connectivity index (χ0n) is 12.7. The van der Waals surface area contributed by atoms with E-state index in [0.29, 0.717) is 30.6 Å². The van der Waals surface area contributed by atoms with Crippen LogP contribution in [0.5, 0.6) is 0 Å². The van der Waals surface area contributed by atoms with Crippen LogP contribution in [0.2, 0.25) is 0 Å². The second-order valence-corrected chi connectivity index (χ2v) is 6.04. The lowest BCUT2D eigenvalue weighted by atomic mass is 9.95. The van der Waals surface area contributed by atoms with Gasteiger partial charge in [-0.1, -0.05) is 5.16 Å². The lowest BCUT2D eigenvalue weighted by molar-refractivity contribution is 0.0440. The molecule has 0 aliphatic carbocycles. The van der Waals surface area contributed by atoms with Gasteiger partial charge < -0.3 is 19.0 Å². The molecule has 8 nitrogen and oxygen atoms in total. The number of nitrogens with one attached hydrogen (secondary N) is 1. The van der Waals surface area contributed by atoms with E-state index in [1.165, 1.54) is 0 Å². The molecule has 2 aliphatic rings. The molecule has 23 heavy (non-hydrogen) atoms. The van der Waals surface area contributed by atoms with Gasteiger partial charge in [0.2, 0.25) is 11.7 Å². The molecule has 1 N–H and O–H groups in total. The fourth-order valence-electron chi connectivity index (χ4n) is 3.18. The SMILES string of the molecule is O=C1NC[C@@]2(CCCN(Cc3nc(-c4ccco4)no3)CC2)O1. The highest BCUT2D eigenvalue weighted by atomic mass is 16.6. The van der Waals surface area contributed by atoms with Gasteiger partial charge in [0.15, 0.2) is 5.76 Å². The minimum absolute atomic E-state index is 0.307. The molecule has 4 heterocycles. The number of likely N-dealkylation sites (tertiary alicyclic amines) is 1. The summed E-state index contributed by atoms with van der Waals surface area (Å²) >= 11 is 0. The van der Waals surface area contributed by atoms with Gasteiger partial charge in [-0.3, -0.25) is 4.90 Å². The van der Waals surface area contributed by atoms with Crippen LogP contribution in [0.25, 0.3) is 11.6 Å². The summed E-state index contributed by atoms with van der Waals surface area (Å²) in [4.78, 5) is 17.9. The average molecular weight is 318 g/mol. The molecule has 2 fully saturated rings. The summed E-state index contributed by atoms with van der Waals surface area (Å²) in [7, 11) is 0. The van der Waals surface area contributed by atoms with Crippen molar-refractivity contribution in [1.82, 2.24) is 20.4 Å². The summed E-state index contributed by atoms with van der Waals surface area (Å²) in [6, 6.07) is 3.59. The van der Waals surface area contributed by atoms with Gasteiger partial charge in [0.05, 0.1) is 19.4 Å². The van der Waals surface area contributed by atoms with Crippen LogP contribution in [0, 0.1) is 0 Å². The van der Waals surface area contributed by atoms with Crippen LogP contribution in [0.4, 0.5) is 4.79 Å². The Morgan fingerprint density at radius 3 is 3.09 bits per heavy atom. The number of hydrogen-bond donors (Lipinski definition) is 1. The Balaban J connectivity index is 1.39. The number of aromatic nitrogens is 2. The number of hydrogen-bond acceptors (Lipinski definition) is 7. The molecule has 122 valence electrons. The van der Waals surface area contributed by atoms with Crippen molar-refractivity contribution in [3.05, 3.63) is 24.3 Å². The molecule has 1 spiro atoms. The van der Waals surface area contributed by atoms with Crippen molar-refractivity contribution in [1.29, 1.82) is 0 Å². The highest BCUT2D eigenvalue weighted by Gasteiger charge is 2.41. The quantitative estimate of drug-likeness (QED) is 0.922. The van der Waals surface area contributed by atoms with Gasteiger partial charge in [0.25, 0.3) is 0 Å². The number of carbonyl (C=O) groups is 1. The highest BCUT2D eigenvalue weighted by molar-refractivity contribution is 5.70. The topological polar surface area (TPSA) is 93.6 Å². The van der Waals surface area contributed by atoms with E-state index in [1.807, 2.05) is 0 Å². The van der Waals surface area contributed by atoms with Crippen molar-refractivity contribution in [2.75, 3.05) is 19.6 Å². The third kappa shape index (κ3) is 2.94. The Morgan fingerprint density at radius 2 is 2.30 bits per heavy atom. The zero-order valence-corrected chi connectivity index (χ0v) is 12.7. The summed E-state index contributed by atoms with van der Waals surface area (Å²) < 4.78 is 16.0. The molecule has 0 saturated carbocycles. The van der Waals surface area contributed by atoms with Gasteiger partial charge in [-0.2, -0.15) is 4.98 Å². The van der Waals surface area contributed by atoms with Crippen molar-refractivity contribution < 1.29 is 18.5 Å². The van der Waals surface area contributed by atoms with Crippen molar-refractivity contribution >= 4 is 6.09 Å². The van der Waals surface area contributed by atoms with E-state index in [-0.39, 0.29) is 11.7 Å². The van der Waals surface area contributed by atoms with Crippen molar-refractivity contribution in [2.45, 2.75) is 31.4 Å². The molecule has 2 aliphatic heterocycles. The fraction of sp³-hybridized carbons (Fsp3) is 0.533. The maximum atomic E-state index is 11.3. The van der Waals surface area contributed by atoms with Crippen LogP contribution in [-0.4, -0.2) is 46.4 Å². The third-order valence-corrected chi connectivity index (χ3v) is 4.42. The largest absolute Gasteiger partial charge is 0.461 e. The number of ether oxygens (including phenoxy) is 1. The number of carbonyl (C=O) groups excluding carboxylic acids is 1. The van der Waals surface area contributed by atoms with E-state index < -0.39 is 0 Å². The van der Waals surface area contributed by atoms with Crippen LogP contribution in [-0.2, 0) is 11.3 Å². The van der Waals surface area contributed by atoms with Gasteiger partial charge in [-0.25, -0.2) is 4.79 Å². The number of amides is 1. The van der Waals surface area contributed by atoms with Crippen molar-refractivity contribution in [3.8, 4) is 11.6 Å². The fourth-order valence-corrected chi connectivity index (χ4v) is 3.18. The molecule has 2 aromatic heterocycles. The first-order valence-electron chi connectivity index (χ1n) is 7.78. The third-order valence-electron chi connectivity index (χ3n) is 4.42. The molecule has 4 rings (SSSR count). The Kier molecular flexibility index (Phi) is 3.53. The summed E-state index contributed by atoms with van der Waals surface area (Å²) in [5.74, 6) is 1.62. The molecular weight excluding hydrogens is 300 g/mol. The monoisotopic (exact) mass is 318 g/mol. The lowest BCUT2D eigenvalue weighted by Gasteiger charge is -2.24. The number of nitrogens with zero attached hydrogens (tertiary/aromatic N) is 3. The van der Waals surface area contributed by atoms with Gasteiger partial charge in [0.1, 0.15) is 5.60 Å². The zero-order chi connectivity index (χ0) is 15.7. The maximum absolute atomic E-state index is 11.3. The second kappa shape index (κ2) is 5.69. The molecule has 0 radical (unpaired) electrons. The van der Waals surface area contributed by atoms with Gasteiger partial charge in [-0.05, 0) is 31.5 Å². The molecular formula is C15H18N4O4. The van der Waals surface area contributed by atoms with E-state index >= 15 is 0 Å². The Labute approximate surface area is 132 Å². The predicted molar refractivity (Wildman–Crippen MR) is 78.3 cm³/mol. The molecule has 8 heteroatoms. The standard InChI is InChI=1S/C15H18N4O4/c20-14-16-10-15(22-14)4-2-6-19(7-5-15)9-12-17-13(18-23-12)11-3-1-8-21-11/h1,3,8H,2,4-7,9-10H2,(H,16,20)/t15-/m0/s1. The molecule has 2 aromatic rings.